The molecule has 0 aromatic heterocycles. The molecule has 1 aliphatic rings. The van der Waals surface area contributed by atoms with Gasteiger partial charge in [0, 0.05) is 6.42 Å². The summed E-state index contributed by atoms with van der Waals surface area (Å²) in [5.41, 5.74) is 0.635. The van der Waals surface area contributed by atoms with Crippen LogP contribution in [0.5, 0.6) is 11.5 Å². The normalized spacial score (nSPS) is 20.4. The van der Waals surface area contributed by atoms with Crippen LogP contribution in [-0.4, -0.2) is 34.4 Å². The Labute approximate surface area is 115 Å². The zero-order chi connectivity index (χ0) is 14.7. The number of aliphatic carboxylic acids is 2. The first-order valence-electron chi connectivity index (χ1n) is 6.35. The minimum absolute atomic E-state index is 0.0186. The molecule has 0 amide bonds. The molecular formula is C14H16O6. The van der Waals surface area contributed by atoms with Crippen molar-refractivity contribution in [3.63, 3.8) is 0 Å². The third kappa shape index (κ3) is 3.40. The highest BCUT2D eigenvalue weighted by molar-refractivity contribution is 5.70. The first kappa shape index (κ1) is 14.2. The van der Waals surface area contributed by atoms with E-state index >= 15 is 0 Å². The highest BCUT2D eigenvalue weighted by Gasteiger charge is 2.28. The van der Waals surface area contributed by atoms with Crippen LogP contribution in [0.4, 0.5) is 0 Å². The van der Waals surface area contributed by atoms with Gasteiger partial charge in [-0.05, 0) is 31.0 Å². The van der Waals surface area contributed by atoms with Crippen LogP contribution < -0.4 is 9.47 Å². The van der Waals surface area contributed by atoms with Crippen LogP contribution in [0.25, 0.3) is 0 Å². The third-order valence-corrected chi connectivity index (χ3v) is 3.12. The van der Waals surface area contributed by atoms with Gasteiger partial charge in [-0.15, -0.1) is 0 Å². The van der Waals surface area contributed by atoms with Crippen molar-refractivity contribution in [1.82, 2.24) is 0 Å². The van der Waals surface area contributed by atoms with Crippen molar-refractivity contribution in [2.24, 2.45) is 0 Å². The summed E-state index contributed by atoms with van der Waals surface area (Å²) in [5, 5.41) is 17.5. The number of carbonyl (C=O) groups is 2. The lowest BCUT2D eigenvalue weighted by Crippen LogP contribution is -2.38. The van der Waals surface area contributed by atoms with Gasteiger partial charge in [-0.25, -0.2) is 0 Å². The summed E-state index contributed by atoms with van der Waals surface area (Å²) in [6.45, 7) is 1.80. The number of hydrogen-bond donors (Lipinski definition) is 2. The van der Waals surface area contributed by atoms with E-state index in [9.17, 15) is 9.59 Å². The number of carboxylic acid groups (broad SMARTS) is 2. The molecule has 1 aromatic rings. The molecule has 1 aliphatic heterocycles. The molecule has 0 spiro atoms. The number of fused-ring (bicyclic) bond motifs is 1. The quantitative estimate of drug-likeness (QED) is 0.852. The van der Waals surface area contributed by atoms with Gasteiger partial charge in [-0.3, -0.25) is 9.59 Å². The summed E-state index contributed by atoms with van der Waals surface area (Å²) in [5.74, 6) is -0.757. The average molecular weight is 280 g/mol. The standard InChI is InChI=1S/C14H16O6/c1-8-10(4-5-13(15)16)20-11-3-2-9(7-14(17)18)6-12(11)19-8/h2-3,6,8,10H,4-5,7H2,1H3,(H,15,16)(H,17,18). The van der Waals surface area contributed by atoms with Gasteiger partial charge in [-0.2, -0.15) is 0 Å². The number of carboxylic acids is 2. The van der Waals surface area contributed by atoms with Gasteiger partial charge in [0.1, 0.15) is 12.2 Å². The maximum atomic E-state index is 10.7. The van der Waals surface area contributed by atoms with Crippen molar-refractivity contribution in [1.29, 1.82) is 0 Å². The van der Waals surface area contributed by atoms with Crippen molar-refractivity contribution in [2.45, 2.75) is 38.4 Å². The monoisotopic (exact) mass is 280 g/mol. The predicted octanol–water partition coefficient (Wildman–Crippen LogP) is 1.71. The second-order valence-electron chi connectivity index (χ2n) is 4.76. The number of ether oxygens (including phenoxy) is 2. The van der Waals surface area contributed by atoms with E-state index in [0.717, 1.165) is 0 Å². The van der Waals surface area contributed by atoms with Crippen LogP contribution >= 0.6 is 0 Å². The molecule has 0 saturated heterocycles. The van der Waals surface area contributed by atoms with Crippen LogP contribution in [0.2, 0.25) is 0 Å². The first-order chi connectivity index (χ1) is 9.45. The van der Waals surface area contributed by atoms with Crippen molar-refractivity contribution in [3.8, 4) is 11.5 Å². The van der Waals surface area contributed by atoms with Gasteiger partial charge < -0.3 is 19.7 Å². The Morgan fingerprint density at radius 1 is 1.15 bits per heavy atom. The second kappa shape index (κ2) is 5.81. The zero-order valence-electron chi connectivity index (χ0n) is 11.0. The summed E-state index contributed by atoms with van der Waals surface area (Å²) in [4.78, 5) is 21.3. The molecule has 0 saturated carbocycles. The maximum Gasteiger partial charge on any atom is 0.307 e. The third-order valence-electron chi connectivity index (χ3n) is 3.12. The molecule has 0 aliphatic carbocycles. The van der Waals surface area contributed by atoms with E-state index in [0.29, 0.717) is 23.5 Å². The van der Waals surface area contributed by atoms with E-state index in [4.69, 9.17) is 19.7 Å². The SMILES string of the molecule is CC1Oc2cc(CC(=O)O)ccc2OC1CCC(=O)O. The molecule has 1 heterocycles. The van der Waals surface area contributed by atoms with Gasteiger partial charge in [0.25, 0.3) is 0 Å². The average Bonchev–Trinajstić information content (AvgIpc) is 2.35. The Bertz CT molecular complexity index is 524. The molecule has 6 nitrogen and oxygen atoms in total. The Hall–Kier alpha value is -2.24. The van der Waals surface area contributed by atoms with E-state index in [1.54, 1.807) is 25.1 Å². The molecule has 2 unspecified atom stereocenters. The molecule has 0 radical (unpaired) electrons. The van der Waals surface area contributed by atoms with Gasteiger partial charge in [0.05, 0.1) is 6.42 Å². The van der Waals surface area contributed by atoms with Crippen LogP contribution in [0.1, 0.15) is 25.3 Å². The molecule has 2 N–H and O–H groups in total. The minimum atomic E-state index is -0.908. The predicted molar refractivity (Wildman–Crippen MR) is 69.2 cm³/mol. The fourth-order valence-corrected chi connectivity index (χ4v) is 2.12. The van der Waals surface area contributed by atoms with Gasteiger partial charge >= 0.3 is 11.9 Å². The van der Waals surface area contributed by atoms with Gasteiger partial charge in [0.2, 0.25) is 0 Å². The molecule has 1 aromatic carbocycles. The van der Waals surface area contributed by atoms with Crippen LogP contribution in [-0.2, 0) is 16.0 Å². The highest BCUT2D eigenvalue weighted by Crippen LogP contribution is 2.35. The first-order valence-corrected chi connectivity index (χ1v) is 6.35. The fourth-order valence-electron chi connectivity index (χ4n) is 2.12. The topological polar surface area (TPSA) is 93.1 Å². The van der Waals surface area contributed by atoms with Crippen LogP contribution in [0.15, 0.2) is 18.2 Å². The summed E-state index contributed by atoms with van der Waals surface area (Å²) in [6, 6.07) is 4.97. The van der Waals surface area contributed by atoms with Crippen molar-refractivity contribution >= 4 is 11.9 Å². The second-order valence-corrected chi connectivity index (χ2v) is 4.76. The molecule has 2 rings (SSSR count). The molecule has 20 heavy (non-hydrogen) atoms. The summed E-state index contributed by atoms with van der Waals surface area (Å²) in [6.07, 6.45) is -0.281. The Morgan fingerprint density at radius 3 is 2.55 bits per heavy atom. The number of hydrogen-bond acceptors (Lipinski definition) is 4. The van der Waals surface area contributed by atoms with Crippen LogP contribution in [0, 0.1) is 0 Å². The van der Waals surface area contributed by atoms with Crippen molar-refractivity contribution in [2.75, 3.05) is 0 Å². The molecule has 108 valence electrons. The van der Waals surface area contributed by atoms with E-state index in [1.165, 1.54) is 0 Å². The molecule has 0 bridgehead atoms. The largest absolute Gasteiger partial charge is 0.483 e. The lowest BCUT2D eigenvalue weighted by Gasteiger charge is -2.32. The lowest BCUT2D eigenvalue weighted by molar-refractivity contribution is -0.138. The van der Waals surface area contributed by atoms with Crippen LogP contribution in [0.3, 0.4) is 0 Å². The van der Waals surface area contributed by atoms with E-state index in [-0.39, 0.29) is 25.0 Å². The van der Waals surface area contributed by atoms with Gasteiger partial charge in [-0.1, -0.05) is 6.07 Å². The molecule has 0 fully saturated rings. The van der Waals surface area contributed by atoms with E-state index in [2.05, 4.69) is 0 Å². The highest BCUT2D eigenvalue weighted by atomic mass is 16.6. The Kier molecular flexibility index (Phi) is 4.12. The summed E-state index contributed by atoms with van der Waals surface area (Å²) >= 11 is 0. The molecule has 2 atom stereocenters. The van der Waals surface area contributed by atoms with Crippen molar-refractivity contribution in [3.05, 3.63) is 23.8 Å². The summed E-state index contributed by atoms with van der Waals surface area (Å²) in [7, 11) is 0. The molecule has 6 heteroatoms. The zero-order valence-corrected chi connectivity index (χ0v) is 11.0. The smallest absolute Gasteiger partial charge is 0.307 e. The minimum Gasteiger partial charge on any atom is -0.483 e. The van der Waals surface area contributed by atoms with E-state index in [1.807, 2.05) is 0 Å². The maximum absolute atomic E-state index is 10.7. The lowest BCUT2D eigenvalue weighted by atomic mass is 10.1. The summed E-state index contributed by atoms with van der Waals surface area (Å²) < 4.78 is 11.4. The number of benzene rings is 1. The fraction of sp³-hybridized carbons (Fsp3) is 0.429. The van der Waals surface area contributed by atoms with Gasteiger partial charge in [0.15, 0.2) is 11.5 Å². The Morgan fingerprint density at radius 2 is 1.90 bits per heavy atom. The Balaban J connectivity index is 2.10. The molecular weight excluding hydrogens is 264 g/mol. The number of rotatable bonds is 5. The van der Waals surface area contributed by atoms with Crippen molar-refractivity contribution < 1.29 is 29.3 Å². The van der Waals surface area contributed by atoms with E-state index < -0.39 is 11.9 Å².